The molecule has 0 fully saturated rings. The van der Waals surface area contributed by atoms with Gasteiger partial charge in [0.05, 0.1) is 0 Å². The first-order valence-corrected chi connectivity index (χ1v) is 3.63. The van der Waals surface area contributed by atoms with Crippen LogP contribution in [-0.2, 0) is 33.0 Å². The summed E-state index contributed by atoms with van der Waals surface area (Å²) >= 11 is 0. The van der Waals surface area contributed by atoms with E-state index in [9.17, 15) is 0 Å². The Morgan fingerprint density at radius 3 is 0.833 bits per heavy atom. The SMILES string of the molecule is C1=CCC=C1.C1=CCC=C1.[Ni].[Ni]. The van der Waals surface area contributed by atoms with Crippen LogP contribution in [0.15, 0.2) is 48.6 Å². The van der Waals surface area contributed by atoms with Crippen molar-refractivity contribution in [2.45, 2.75) is 12.8 Å². The smallest absolute Gasteiger partial charge is 0 e. The van der Waals surface area contributed by atoms with Crippen molar-refractivity contribution in [2.75, 3.05) is 0 Å². The Labute approximate surface area is 94.4 Å². The van der Waals surface area contributed by atoms with Crippen molar-refractivity contribution in [3.05, 3.63) is 48.6 Å². The van der Waals surface area contributed by atoms with Crippen LogP contribution in [0.3, 0.4) is 0 Å². The predicted octanol–water partition coefficient (Wildman–Crippen LogP) is 3.00. The second kappa shape index (κ2) is 10.9. The molecule has 72 valence electrons. The van der Waals surface area contributed by atoms with Crippen LogP contribution in [-0.4, -0.2) is 0 Å². The first-order valence-electron chi connectivity index (χ1n) is 3.63. The number of hydrogen-bond donors (Lipinski definition) is 0. The van der Waals surface area contributed by atoms with E-state index < -0.39 is 0 Å². The maximum absolute atomic E-state index is 2.12. The molecule has 0 spiro atoms. The summed E-state index contributed by atoms with van der Waals surface area (Å²) < 4.78 is 0. The molecule has 2 rings (SSSR count). The maximum Gasteiger partial charge on any atom is 0 e. The van der Waals surface area contributed by atoms with Crippen LogP contribution in [0.1, 0.15) is 12.8 Å². The summed E-state index contributed by atoms with van der Waals surface area (Å²) in [5.74, 6) is 0. The second-order valence-electron chi connectivity index (χ2n) is 2.18. The molecule has 0 aliphatic heterocycles. The zero-order valence-corrected chi connectivity index (χ0v) is 8.64. The van der Waals surface area contributed by atoms with Gasteiger partial charge in [-0.3, -0.25) is 0 Å². The molecule has 0 aromatic carbocycles. The van der Waals surface area contributed by atoms with E-state index in [0.29, 0.717) is 0 Å². The molecule has 0 aromatic heterocycles. The molecule has 0 N–H and O–H groups in total. The van der Waals surface area contributed by atoms with E-state index in [0.717, 1.165) is 12.8 Å². The van der Waals surface area contributed by atoms with Crippen LogP contribution < -0.4 is 0 Å². The van der Waals surface area contributed by atoms with Gasteiger partial charge in [-0.15, -0.1) is 0 Å². The molecule has 0 saturated heterocycles. The largest absolute Gasteiger partial charge is 0.0808 e. The standard InChI is InChI=1S/2C5H6.2Ni/c2*1-2-4-5-3-1;;/h2*1-4H,5H2;;. The van der Waals surface area contributed by atoms with Gasteiger partial charge in [0.2, 0.25) is 0 Å². The van der Waals surface area contributed by atoms with Gasteiger partial charge < -0.3 is 0 Å². The van der Waals surface area contributed by atoms with Gasteiger partial charge in [-0.25, -0.2) is 0 Å². The first kappa shape index (κ1) is 14.5. The minimum atomic E-state index is 0. The van der Waals surface area contributed by atoms with Crippen molar-refractivity contribution in [3.63, 3.8) is 0 Å². The molecule has 0 bridgehead atoms. The third-order valence-corrected chi connectivity index (χ3v) is 1.31. The van der Waals surface area contributed by atoms with Crippen molar-refractivity contribution in [1.82, 2.24) is 0 Å². The molecule has 12 heavy (non-hydrogen) atoms. The molecule has 0 amide bonds. The van der Waals surface area contributed by atoms with Gasteiger partial charge >= 0.3 is 0 Å². The normalized spacial score (nSPS) is 14.7. The van der Waals surface area contributed by atoms with Crippen molar-refractivity contribution in [3.8, 4) is 0 Å². The number of hydrogen-bond acceptors (Lipinski definition) is 0. The molecule has 2 heteroatoms. The Morgan fingerprint density at radius 1 is 0.500 bits per heavy atom. The summed E-state index contributed by atoms with van der Waals surface area (Å²) in [7, 11) is 0. The average Bonchev–Trinajstić information content (AvgIpc) is 2.67. The minimum absolute atomic E-state index is 0. The Kier molecular flexibility index (Phi) is 13.2. The van der Waals surface area contributed by atoms with Gasteiger partial charge in [-0.2, -0.15) is 0 Å². The van der Waals surface area contributed by atoms with Crippen molar-refractivity contribution < 1.29 is 33.0 Å². The average molecular weight is 250 g/mol. The second-order valence-corrected chi connectivity index (χ2v) is 2.18. The fourth-order valence-electron chi connectivity index (χ4n) is 0.786. The summed E-state index contributed by atoms with van der Waals surface area (Å²) in [4.78, 5) is 0. The van der Waals surface area contributed by atoms with Crippen LogP contribution in [0.5, 0.6) is 0 Å². The molecule has 2 aliphatic rings. The van der Waals surface area contributed by atoms with Crippen molar-refractivity contribution >= 4 is 0 Å². The zero-order valence-electron chi connectivity index (χ0n) is 6.67. The Morgan fingerprint density at radius 2 is 0.750 bits per heavy atom. The van der Waals surface area contributed by atoms with Crippen LogP contribution in [0.25, 0.3) is 0 Å². The molecule has 0 aromatic rings. The Balaban J connectivity index is 0. The third-order valence-electron chi connectivity index (χ3n) is 1.31. The van der Waals surface area contributed by atoms with E-state index in [2.05, 4.69) is 48.6 Å². The Hall–Kier alpha value is -0.0530. The minimum Gasteiger partial charge on any atom is -0.0808 e. The zero-order chi connectivity index (χ0) is 7.07. The summed E-state index contributed by atoms with van der Waals surface area (Å²) in [6, 6.07) is 0. The van der Waals surface area contributed by atoms with Gasteiger partial charge in [0.25, 0.3) is 0 Å². The molecule has 0 saturated carbocycles. The van der Waals surface area contributed by atoms with E-state index in [1.165, 1.54) is 0 Å². The monoisotopic (exact) mass is 248 g/mol. The van der Waals surface area contributed by atoms with Crippen LogP contribution in [0, 0.1) is 0 Å². The van der Waals surface area contributed by atoms with E-state index in [4.69, 9.17) is 0 Å². The topological polar surface area (TPSA) is 0 Å². The summed E-state index contributed by atoms with van der Waals surface area (Å²) in [5, 5.41) is 0. The molecule has 0 nitrogen and oxygen atoms in total. The quantitative estimate of drug-likeness (QED) is 0.579. The molecule has 0 heterocycles. The van der Waals surface area contributed by atoms with Crippen LogP contribution in [0.2, 0.25) is 0 Å². The fraction of sp³-hybridized carbons (Fsp3) is 0.200. The third kappa shape index (κ3) is 8.05. The molecule has 0 atom stereocenters. The molecule has 0 unspecified atom stereocenters. The van der Waals surface area contributed by atoms with Gasteiger partial charge in [0, 0.05) is 33.0 Å². The van der Waals surface area contributed by atoms with Gasteiger partial charge in [0.15, 0.2) is 0 Å². The van der Waals surface area contributed by atoms with Crippen molar-refractivity contribution in [1.29, 1.82) is 0 Å². The molecule has 0 radical (unpaired) electrons. The van der Waals surface area contributed by atoms with Crippen molar-refractivity contribution in [2.24, 2.45) is 0 Å². The van der Waals surface area contributed by atoms with E-state index >= 15 is 0 Å². The molecular weight excluding hydrogens is 237 g/mol. The van der Waals surface area contributed by atoms with E-state index in [-0.39, 0.29) is 33.0 Å². The Bertz CT molecular complexity index is 146. The fourth-order valence-corrected chi connectivity index (χ4v) is 0.786. The van der Waals surface area contributed by atoms with Crippen LogP contribution in [0.4, 0.5) is 0 Å². The van der Waals surface area contributed by atoms with Gasteiger partial charge in [0.1, 0.15) is 0 Å². The maximum atomic E-state index is 2.12. The van der Waals surface area contributed by atoms with E-state index in [1.807, 2.05) is 0 Å². The predicted molar refractivity (Wildman–Crippen MR) is 45.8 cm³/mol. The summed E-state index contributed by atoms with van der Waals surface area (Å²) in [6.45, 7) is 0. The van der Waals surface area contributed by atoms with Gasteiger partial charge in [-0.05, 0) is 12.8 Å². The molecule has 2 aliphatic carbocycles. The summed E-state index contributed by atoms with van der Waals surface area (Å²) in [6.07, 6.45) is 19.0. The number of rotatable bonds is 0. The molecular formula is C10H12Ni2. The van der Waals surface area contributed by atoms with E-state index in [1.54, 1.807) is 0 Å². The number of allylic oxidation sites excluding steroid dienone is 8. The van der Waals surface area contributed by atoms with Crippen LogP contribution >= 0.6 is 0 Å². The van der Waals surface area contributed by atoms with Gasteiger partial charge in [-0.1, -0.05) is 48.6 Å². The summed E-state index contributed by atoms with van der Waals surface area (Å²) in [5.41, 5.74) is 0. The first-order chi connectivity index (χ1) is 5.00.